The minimum Gasteiger partial charge on any atom is -0.469 e. The van der Waals surface area contributed by atoms with Crippen LogP contribution in [0.1, 0.15) is 13.8 Å². The van der Waals surface area contributed by atoms with Crippen molar-refractivity contribution in [3.63, 3.8) is 0 Å². The highest BCUT2D eigenvalue weighted by atomic mass is 16.7. The quantitative estimate of drug-likeness (QED) is 0.505. The molecule has 1 fully saturated rings. The number of methoxy groups -OCH3 is 3. The first-order valence-electron chi connectivity index (χ1n) is 4.64. The standard InChI is InChI=1S/C10H18O4/c1-10(2)6(8(11)12-3)7(10)9(13-4)14-5/h6-7,9H,1-5H3. The highest BCUT2D eigenvalue weighted by Crippen LogP contribution is 2.60. The van der Waals surface area contributed by atoms with Gasteiger partial charge in [-0.15, -0.1) is 0 Å². The van der Waals surface area contributed by atoms with Crippen LogP contribution in [0.3, 0.4) is 0 Å². The van der Waals surface area contributed by atoms with Crippen LogP contribution in [0, 0.1) is 17.3 Å². The van der Waals surface area contributed by atoms with Crippen LogP contribution in [-0.2, 0) is 19.0 Å². The van der Waals surface area contributed by atoms with Crippen molar-refractivity contribution >= 4 is 5.97 Å². The lowest BCUT2D eigenvalue weighted by molar-refractivity contribution is -0.147. The average molecular weight is 202 g/mol. The molecule has 4 heteroatoms. The topological polar surface area (TPSA) is 44.8 Å². The van der Waals surface area contributed by atoms with Gasteiger partial charge in [0.15, 0.2) is 6.29 Å². The fourth-order valence-corrected chi connectivity index (χ4v) is 2.15. The molecule has 0 N–H and O–H groups in total. The van der Waals surface area contributed by atoms with Gasteiger partial charge in [0, 0.05) is 20.1 Å². The molecule has 0 bridgehead atoms. The van der Waals surface area contributed by atoms with E-state index in [1.54, 1.807) is 14.2 Å². The van der Waals surface area contributed by atoms with E-state index in [1.807, 2.05) is 13.8 Å². The van der Waals surface area contributed by atoms with Crippen LogP contribution in [0.15, 0.2) is 0 Å². The van der Waals surface area contributed by atoms with Gasteiger partial charge in [-0.05, 0) is 5.41 Å². The molecule has 0 saturated heterocycles. The largest absolute Gasteiger partial charge is 0.469 e. The number of ether oxygens (including phenoxy) is 3. The Bertz CT molecular complexity index is 220. The molecule has 4 nitrogen and oxygen atoms in total. The van der Waals surface area contributed by atoms with Gasteiger partial charge in [-0.1, -0.05) is 13.8 Å². The summed E-state index contributed by atoms with van der Waals surface area (Å²) in [6, 6.07) is 0. The molecule has 1 aliphatic carbocycles. The summed E-state index contributed by atoms with van der Waals surface area (Å²) in [5, 5.41) is 0. The van der Waals surface area contributed by atoms with Crippen LogP contribution in [0.25, 0.3) is 0 Å². The third kappa shape index (κ3) is 1.64. The van der Waals surface area contributed by atoms with Crippen molar-refractivity contribution < 1.29 is 19.0 Å². The Balaban J connectivity index is 2.69. The molecule has 0 aromatic heterocycles. The highest BCUT2D eigenvalue weighted by Gasteiger charge is 2.66. The van der Waals surface area contributed by atoms with E-state index in [1.165, 1.54) is 7.11 Å². The Kier molecular flexibility index (Phi) is 3.17. The van der Waals surface area contributed by atoms with E-state index < -0.39 is 0 Å². The summed E-state index contributed by atoms with van der Waals surface area (Å²) in [6.45, 7) is 4.04. The van der Waals surface area contributed by atoms with E-state index in [-0.39, 0.29) is 29.5 Å². The van der Waals surface area contributed by atoms with Gasteiger partial charge in [0.1, 0.15) is 0 Å². The first-order chi connectivity index (χ1) is 6.50. The zero-order valence-corrected chi connectivity index (χ0v) is 9.37. The zero-order chi connectivity index (χ0) is 10.9. The number of hydrogen-bond donors (Lipinski definition) is 0. The number of rotatable bonds is 4. The van der Waals surface area contributed by atoms with Crippen molar-refractivity contribution in [1.82, 2.24) is 0 Å². The number of carbonyl (C=O) groups is 1. The zero-order valence-electron chi connectivity index (χ0n) is 9.37. The van der Waals surface area contributed by atoms with Gasteiger partial charge in [-0.25, -0.2) is 0 Å². The fraction of sp³-hybridized carbons (Fsp3) is 0.900. The van der Waals surface area contributed by atoms with Crippen LogP contribution in [0.2, 0.25) is 0 Å². The Hall–Kier alpha value is -0.610. The van der Waals surface area contributed by atoms with E-state index in [0.717, 1.165) is 0 Å². The Labute approximate surface area is 84.5 Å². The van der Waals surface area contributed by atoms with E-state index in [0.29, 0.717) is 0 Å². The molecule has 0 aromatic carbocycles. The van der Waals surface area contributed by atoms with Crippen LogP contribution < -0.4 is 0 Å². The monoisotopic (exact) mass is 202 g/mol. The minimum atomic E-state index is -0.325. The van der Waals surface area contributed by atoms with E-state index in [9.17, 15) is 4.79 Å². The molecule has 2 unspecified atom stereocenters. The molecule has 0 aromatic rings. The normalized spacial score (nSPS) is 29.0. The van der Waals surface area contributed by atoms with Crippen molar-refractivity contribution in [2.24, 2.45) is 17.3 Å². The molecule has 0 heterocycles. The molecule has 0 amide bonds. The van der Waals surface area contributed by atoms with Crippen molar-refractivity contribution in [3.05, 3.63) is 0 Å². The molecule has 1 rings (SSSR count). The fourth-order valence-electron chi connectivity index (χ4n) is 2.15. The van der Waals surface area contributed by atoms with Gasteiger partial charge in [-0.3, -0.25) is 4.79 Å². The van der Waals surface area contributed by atoms with Gasteiger partial charge >= 0.3 is 5.97 Å². The summed E-state index contributed by atoms with van der Waals surface area (Å²) in [5.41, 5.74) is -0.0935. The lowest BCUT2D eigenvalue weighted by Crippen LogP contribution is -2.19. The second-order valence-corrected chi connectivity index (χ2v) is 4.19. The van der Waals surface area contributed by atoms with Crippen LogP contribution in [0.5, 0.6) is 0 Å². The first kappa shape index (κ1) is 11.5. The molecule has 82 valence electrons. The van der Waals surface area contributed by atoms with Crippen molar-refractivity contribution in [2.75, 3.05) is 21.3 Å². The summed E-state index contributed by atoms with van der Waals surface area (Å²) in [7, 11) is 4.57. The van der Waals surface area contributed by atoms with Gasteiger partial charge in [0.2, 0.25) is 0 Å². The molecule has 0 radical (unpaired) electrons. The van der Waals surface area contributed by atoms with E-state index in [2.05, 4.69) is 0 Å². The molecule has 0 spiro atoms. The predicted molar refractivity (Wildman–Crippen MR) is 50.6 cm³/mol. The Morgan fingerprint density at radius 3 is 2.07 bits per heavy atom. The van der Waals surface area contributed by atoms with Crippen molar-refractivity contribution in [3.8, 4) is 0 Å². The van der Waals surface area contributed by atoms with Gasteiger partial charge < -0.3 is 14.2 Å². The lowest BCUT2D eigenvalue weighted by atomic mass is 10.1. The lowest BCUT2D eigenvalue weighted by Gasteiger charge is -2.14. The number of hydrogen-bond acceptors (Lipinski definition) is 4. The summed E-state index contributed by atoms with van der Waals surface area (Å²) < 4.78 is 15.0. The summed E-state index contributed by atoms with van der Waals surface area (Å²) >= 11 is 0. The van der Waals surface area contributed by atoms with Gasteiger partial charge in [0.25, 0.3) is 0 Å². The molecule has 14 heavy (non-hydrogen) atoms. The van der Waals surface area contributed by atoms with Crippen molar-refractivity contribution in [2.45, 2.75) is 20.1 Å². The number of carbonyl (C=O) groups excluding carboxylic acids is 1. The molecule has 0 aliphatic heterocycles. The highest BCUT2D eigenvalue weighted by molar-refractivity contribution is 5.77. The van der Waals surface area contributed by atoms with Gasteiger partial charge in [-0.2, -0.15) is 0 Å². The maximum absolute atomic E-state index is 11.4. The maximum Gasteiger partial charge on any atom is 0.309 e. The second kappa shape index (κ2) is 3.87. The third-order valence-corrected chi connectivity index (χ3v) is 3.12. The second-order valence-electron chi connectivity index (χ2n) is 4.19. The average Bonchev–Trinajstić information content (AvgIpc) is 2.71. The molecule has 1 aliphatic rings. The summed E-state index contributed by atoms with van der Waals surface area (Å²) in [5.74, 6) is -0.207. The van der Waals surface area contributed by atoms with Crippen LogP contribution >= 0.6 is 0 Å². The number of esters is 1. The molecular weight excluding hydrogens is 184 g/mol. The maximum atomic E-state index is 11.4. The Morgan fingerprint density at radius 1 is 1.21 bits per heavy atom. The van der Waals surface area contributed by atoms with Crippen LogP contribution in [0.4, 0.5) is 0 Å². The summed E-state index contributed by atoms with van der Waals surface area (Å²) in [4.78, 5) is 11.4. The third-order valence-electron chi connectivity index (χ3n) is 3.12. The predicted octanol–water partition coefficient (Wildman–Crippen LogP) is 1.05. The first-order valence-corrected chi connectivity index (χ1v) is 4.64. The molecule has 2 atom stereocenters. The molecule has 1 saturated carbocycles. The van der Waals surface area contributed by atoms with Gasteiger partial charge in [0.05, 0.1) is 13.0 Å². The smallest absolute Gasteiger partial charge is 0.309 e. The van der Waals surface area contributed by atoms with E-state index in [4.69, 9.17) is 14.2 Å². The Morgan fingerprint density at radius 2 is 1.71 bits per heavy atom. The van der Waals surface area contributed by atoms with Crippen molar-refractivity contribution in [1.29, 1.82) is 0 Å². The molecular formula is C10H18O4. The van der Waals surface area contributed by atoms with Crippen LogP contribution in [-0.4, -0.2) is 33.6 Å². The summed E-state index contributed by atoms with van der Waals surface area (Å²) in [6.07, 6.45) is -0.325. The minimum absolute atomic E-state index is 0.0879. The SMILES string of the molecule is COC(=O)C1C(C(OC)OC)C1(C)C. The van der Waals surface area contributed by atoms with E-state index >= 15 is 0 Å².